The highest BCUT2D eigenvalue weighted by Gasteiger charge is 2.04. The fraction of sp³-hybridized carbons (Fsp3) is 0.278. The van der Waals surface area contributed by atoms with Gasteiger partial charge in [0.15, 0.2) is 11.5 Å². The molecule has 0 bridgehead atoms. The molecule has 2 rings (SSSR count). The molecule has 0 aliphatic rings. The van der Waals surface area contributed by atoms with Gasteiger partial charge in [-0.2, -0.15) is 0 Å². The molecule has 2 aromatic rings. The largest absolute Gasteiger partial charge is 0.504 e. The number of methoxy groups -OCH3 is 1. The van der Waals surface area contributed by atoms with Crippen molar-refractivity contribution in [3.8, 4) is 11.5 Å². The number of carbonyl (C=O) groups is 1. The van der Waals surface area contributed by atoms with Gasteiger partial charge in [0.1, 0.15) is 5.82 Å². The van der Waals surface area contributed by atoms with Crippen LogP contribution in [0.25, 0.3) is 0 Å². The van der Waals surface area contributed by atoms with Gasteiger partial charge in [-0.1, -0.05) is 18.2 Å². The van der Waals surface area contributed by atoms with Crippen LogP contribution in [0.5, 0.6) is 11.5 Å². The third kappa shape index (κ3) is 5.55. The molecule has 0 saturated carbocycles. The number of rotatable bonds is 8. The zero-order chi connectivity index (χ0) is 17.4. The number of carbonyl (C=O) groups excluding carboxylic acids is 1. The normalized spacial score (nSPS) is 10.4. The van der Waals surface area contributed by atoms with Crippen molar-refractivity contribution in [2.45, 2.75) is 13.0 Å². The molecule has 0 saturated heterocycles. The van der Waals surface area contributed by atoms with E-state index in [9.17, 15) is 14.3 Å². The fourth-order valence-electron chi connectivity index (χ4n) is 2.26. The molecular formula is C18H21FN2O3. The standard InChI is InChI=1S/C18H21FN2O3/c1-24-17-6-5-14(10-16(17)22)12-20-7-8-21-18(23)11-13-3-2-4-15(19)9-13/h2-6,9-10,20,22H,7-8,11-12H2,1H3,(H,21,23). The van der Waals surface area contributed by atoms with Crippen molar-refractivity contribution in [2.75, 3.05) is 20.2 Å². The zero-order valence-corrected chi connectivity index (χ0v) is 13.5. The van der Waals surface area contributed by atoms with E-state index in [2.05, 4.69) is 10.6 Å². The van der Waals surface area contributed by atoms with Gasteiger partial charge >= 0.3 is 0 Å². The maximum absolute atomic E-state index is 13.0. The highest BCUT2D eigenvalue weighted by molar-refractivity contribution is 5.78. The number of amides is 1. The van der Waals surface area contributed by atoms with Crippen LogP contribution < -0.4 is 15.4 Å². The molecule has 0 atom stereocenters. The van der Waals surface area contributed by atoms with E-state index < -0.39 is 0 Å². The van der Waals surface area contributed by atoms with Crippen LogP contribution in [0.15, 0.2) is 42.5 Å². The second kappa shape index (κ2) is 8.88. The van der Waals surface area contributed by atoms with Gasteiger partial charge in [-0.05, 0) is 35.4 Å². The number of hydrogen-bond donors (Lipinski definition) is 3. The minimum atomic E-state index is -0.343. The summed E-state index contributed by atoms with van der Waals surface area (Å²) in [5.41, 5.74) is 1.56. The minimum absolute atomic E-state index is 0.0974. The summed E-state index contributed by atoms with van der Waals surface area (Å²) < 4.78 is 18.0. The average molecular weight is 332 g/mol. The van der Waals surface area contributed by atoms with E-state index in [1.807, 2.05) is 6.07 Å². The number of halogens is 1. The van der Waals surface area contributed by atoms with Crippen LogP contribution in [0.2, 0.25) is 0 Å². The molecule has 6 heteroatoms. The Morgan fingerprint density at radius 1 is 1.17 bits per heavy atom. The maximum Gasteiger partial charge on any atom is 0.224 e. The van der Waals surface area contributed by atoms with Gasteiger partial charge < -0.3 is 20.5 Å². The lowest BCUT2D eigenvalue weighted by atomic mass is 10.1. The van der Waals surface area contributed by atoms with E-state index in [-0.39, 0.29) is 23.9 Å². The topological polar surface area (TPSA) is 70.6 Å². The van der Waals surface area contributed by atoms with E-state index >= 15 is 0 Å². The first-order valence-electron chi connectivity index (χ1n) is 7.66. The molecule has 0 fully saturated rings. The molecule has 3 N–H and O–H groups in total. The number of aromatic hydroxyl groups is 1. The van der Waals surface area contributed by atoms with E-state index in [1.165, 1.54) is 19.2 Å². The summed E-state index contributed by atoms with van der Waals surface area (Å²) in [4.78, 5) is 11.8. The number of phenols is 1. The van der Waals surface area contributed by atoms with Crippen LogP contribution in [0, 0.1) is 5.82 Å². The summed E-state index contributed by atoms with van der Waals surface area (Å²) in [7, 11) is 1.50. The molecule has 24 heavy (non-hydrogen) atoms. The molecule has 2 aromatic carbocycles. The number of benzene rings is 2. The Balaban J connectivity index is 1.66. The van der Waals surface area contributed by atoms with Crippen molar-refractivity contribution in [1.82, 2.24) is 10.6 Å². The quantitative estimate of drug-likeness (QED) is 0.647. The average Bonchev–Trinajstić information content (AvgIpc) is 2.54. The molecule has 0 aliphatic carbocycles. The highest BCUT2D eigenvalue weighted by atomic mass is 19.1. The van der Waals surface area contributed by atoms with Gasteiger partial charge in [0.25, 0.3) is 0 Å². The van der Waals surface area contributed by atoms with Gasteiger partial charge in [0.05, 0.1) is 13.5 Å². The molecule has 0 radical (unpaired) electrons. The molecule has 0 spiro atoms. The Labute approximate surface area is 140 Å². The van der Waals surface area contributed by atoms with Crippen molar-refractivity contribution in [2.24, 2.45) is 0 Å². The third-order valence-electron chi connectivity index (χ3n) is 3.45. The van der Waals surface area contributed by atoms with E-state index in [0.717, 1.165) is 5.56 Å². The summed E-state index contributed by atoms with van der Waals surface area (Å²) in [6.45, 7) is 1.62. The molecule has 0 aromatic heterocycles. The molecule has 128 valence electrons. The number of ether oxygens (including phenoxy) is 1. The summed E-state index contributed by atoms with van der Waals surface area (Å²) in [6.07, 6.45) is 0.157. The molecule has 1 amide bonds. The Morgan fingerprint density at radius 3 is 2.71 bits per heavy atom. The predicted molar refractivity (Wildman–Crippen MR) is 89.5 cm³/mol. The molecule has 5 nitrogen and oxygen atoms in total. The lowest BCUT2D eigenvalue weighted by Crippen LogP contribution is -2.32. The Bertz CT molecular complexity index is 692. The number of hydrogen-bond acceptors (Lipinski definition) is 4. The van der Waals surface area contributed by atoms with Crippen molar-refractivity contribution < 1.29 is 19.0 Å². The first kappa shape index (κ1) is 17.7. The van der Waals surface area contributed by atoms with Crippen LogP contribution in [-0.2, 0) is 17.8 Å². The highest BCUT2D eigenvalue weighted by Crippen LogP contribution is 2.25. The monoisotopic (exact) mass is 332 g/mol. The van der Waals surface area contributed by atoms with Gasteiger partial charge in [0, 0.05) is 19.6 Å². The summed E-state index contributed by atoms with van der Waals surface area (Å²) in [5, 5.41) is 15.6. The Hall–Kier alpha value is -2.60. The Morgan fingerprint density at radius 2 is 2.00 bits per heavy atom. The van der Waals surface area contributed by atoms with Crippen LogP contribution >= 0.6 is 0 Å². The number of phenolic OH excluding ortho intramolecular Hbond substituents is 1. The zero-order valence-electron chi connectivity index (χ0n) is 13.5. The van der Waals surface area contributed by atoms with Crippen molar-refractivity contribution >= 4 is 5.91 Å². The van der Waals surface area contributed by atoms with Crippen molar-refractivity contribution in [1.29, 1.82) is 0 Å². The van der Waals surface area contributed by atoms with Crippen molar-refractivity contribution in [3.63, 3.8) is 0 Å². The number of nitrogens with one attached hydrogen (secondary N) is 2. The molecular weight excluding hydrogens is 311 g/mol. The van der Waals surface area contributed by atoms with Crippen molar-refractivity contribution in [3.05, 3.63) is 59.4 Å². The second-order valence-electron chi connectivity index (χ2n) is 5.34. The molecule has 0 heterocycles. The second-order valence-corrected chi connectivity index (χ2v) is 5.34. The predicted octanol–water partition coefficient (Wildman–Crippen LogP) is 1.99. The summed E-state index contributed by atoms with van der Waals surface area (Å²) in [6, 6.07) is 11.2. The summed E-state index contributed by atoms with van der Waals surface area (Å²) in [5.74, 6) is 0.0396. The minimum Gasteiger partial charge on any atom is -0.504 e. The van der Waals surface area contributed by atoms with Crippen LogP contribution in [0.4, 0.5) is 4.39 Å². The Kier molecular flexibility index (Phi) is 6.57. The fourth-order valence-corrected chi connectivity index (χ4v) is 2.26. The van der Waals surface area contributed by atoms with Gasteiger partial charge in [-0.3, -0.25) is 4.79 Å². The van der Waals surface area contributed by atoms with Gasteiger partial charge in [-0.15, -0.1) is 0 Å². The van der Waals surface area contributed by atoms with Crippen LogP contribution in [-0.4, -0.2) is 31.2 Å². The maximum atomic E-state index is 13.0. The first-order chi connectivity index (χ1) is 11.6. The smallest absolute Gasteiger partial charge is 0.224 e. The molecule has 0 unspecified atom stereocenters. The molecule has 0 aliphatic heterocycles. The summed E-state index contributed by atoms with van der Waals surface area (Å²) >= 11 is 0. The van der Waals surface area contributed by atoms with Crippen LogP contribution in [0.3, 0.4) is 0 Å². The third-order valence-corrected chi connectivity index (χ3v) is 3.45. The lowest BCUT2D eigenvalue weighted by Gasteiger charge is -2.09. The SMILES string of the molecule is COc1ccc(CNCCNC(=O)Cc2cccc(F)c2)cc1O. The van der Waals surface area contributed by atoms with Crippen LogP contribution in [0.1, 0.15) is 11.1 Å². The van der Waals surface area contributed by atoms with E-state index in [0.29, 0.717) is 30.9 Å². The van der Waals surface area contributed by atoms with E-state index in [1.54, 1.807) is 24.3 Å². The first-order valence-corrected chi connectivity index (χ1v) is 7.66. The van der Waals surface area contributed by atoms with Gasteiger partial charge in [-0.25, -0.2) is 4.39 Å². The van der Waals surface area contributed by atoms with E-state index in [4.69, 9.17) is 4.74 Å². The lowest BCUT2D eigenvalue weighted by molar-refractivity contribution is -0.120. The van der Waals surface area contributed by atoms with Gasteiger partial charge in [0.2, 0.25) is 5.91 Å².